The number of unbranched alkanes of at least 4 members (excludes halogenated alkanes) is 1. The number of hydrogen-bond donors (Lipinski definition) is 1. The molecule has 0 fully saturated rings. The van der Waals surface area contributed by atoms with E-state index in [1.165, 1.54) is 0 Å². The molecule has 1 rings (SSSR count). The molecule has 0 spiro atoms. The summed E-state index contributed by atoms with van der Waals surface area (Å²) in [4.78, 5) is 26.7. The van der Waals surface area contributed by atoms with Crippen LogP contribution in [-0.2, 0) is 16.1 Å². The first-order valence-corrected chi connectivity index (χ1v) is 8.75. The first-order chi connectivity index (χ1) is 11.1. The fraction of sp³-hybridized carbons (Fsp3) is 0.579. The molecule has 0 unspecified atom stereocenters. The van der Waals surface area contributed by atoms with Crippen LogP contribution in [0.3, 0.4) is 0 Å². The lowest BCUT2D eigenvalue weighted by atomic mass is 10.1. The van der Waals surface area contributed by atoms with Crippen molar-refractivity contribution in [3.63, 3.8) is 0 Å². The fourth-order valence-corrected chi connectivity index (χ4v) is 2.56. The van der Waals surface area contributed by atoms with Crippen molar-refractivity contribution in [3.8, 4) is 0 Å². The minimum absolute atomic E-state index is 0.0404. The molecule has 4 nitrogen and oxygen atoms in total. The smallest absolute Gasteiger partial charge is 0.242 e. The highest BCUT2D eigenvalue weighted by atomic mass is 16.2. The van der Waals surface area contributed by atoms with E-state index in [-0.39, 0.29) is 11.8 Å². The molecule has 0 aliphatic carbocycles. The predicted octanol–water partition coefficient (Wildman–Crippen LogP) is 3.51. The Labute approximate surface area is 140 Å². The Balaban J connectivity index is 2.86. The SMILES string of the molecule is CCCCNC(=O)[C@@H](CC)N(Cc1ccccc1)C(=O)CCC. The summed E-state index contributed by atoms with van der Waals surface area (Å²) in [7, 11) is 0. The second kappa shape index (κ2) is 10.8. The van der Waals surface area contributed by atoms with Gasteiger partial charge in [0.1, 0.15) is 6.04 Å². The Morgan fingerprint density at radius 3 is 2.35 bits per heavy atom. The van der Waals surface area contributed by atoms with Crippen molar-refractivity contribution in [2.24, 2.45) is 0 Å². The van der Waals surface area contributed by atoms with Crippen molar-refractivity contribution in [1.82, 2.24) is 10.2 Å². The van der Waals surface area contributed by atoms with Crippen LogP contribution in [0.25, 0.3) is 0 Å². The maximum Gasteiger partial charge on any atom is 0.242 e. The van der Waals surface area contributed by atoms with Gasteiger partial charge in [-0.1, -0.05) is 57.5 Å². The third-order valence-corrected chi connectivity index (χ3v) is 3.88. The Morgan fingerprint density at radius 1 is 1.09 bits per heavy atom. The molecular weight excluding hydrogens is 288 g/mol. The average Bonchev–Trinajstić information content (AvgIpc) is 2.56. The molecule has 1 aromatic carbocycles. The van der Waals surface area contributed by atoms with Gasteiger partial charge in [0.2, 0.25) is 11.8 Å². The Bertz CT molecular complexity index is 474. The molecule has 0 aliphatic rings. The molecule has 1 atom stereocenters. The van der Waals surface area contributed by atoms with Crippen molar-refractivity contribution >= 4 is 11.8 Å². The van der Waals surface area contributed by atoms with Gasteiger partial charge in [-0.3, -0.25) is 9.59 Å². The second-order valence-electron chi connectivity index (χ2n) is 5.83. The van der Waals surface area contributed by atoms with E-state index in [0.29, 0.717) is 25.9 Å². The molecule has 23 heavy (non-hydrogen) atoms. The van der Waals surface area contributed by atoms with Crippen LogP contribution in [0, 0.1) is 0 Å². The molecule has 1 N–H and O–H groups in total. The first kappa shape index (κ1) is 19.2. The minimum atomic E-state index is -0.397. The highest BCUT2D eigenvalue weighted by Gasteiger charge is 2.27. The molecule has 1 aromatic rings. The molecule has 0 saturated carbocycles. The van der Waals surface area contributed by atoms with E-state index in [0.717, 1.165) is 24.8 Å². The molecule has 0 aromatic heterocycles. The summed E-state index contributed by atoms with van der Waals surface area (Å²) >= 11 is 0. The predicted molar refractivity (Wildman–Crippen MR) is 93.9 cm³/mol. The zero-order valence-corrected chi connectivity index (χ0v) is 14.7. The Morgan fingerprint density at radius 2 is 1.78 bits per heavy atom. The maximum absolute atomic E-state index is 12.5. The third-order valence-electron chi connectivity index (χ3n) is 3.88. The van der Waals surface area contributed by atoms with Gasteiger partial charge in [0.15, 0.2) is 0 Å². The highest BCUT2D eigenvalue weighted by Crippen LogP contribution is 2.14. The number of amides is 2. The Hall–Kier alpha value is -1.84. The van der Waals surface area contributed by atoms with Gasteiger partial charge in [-0.25, -0.2) is 0 Å². The third kappa shape index (κ3) is 6.43. The van der Waals surface area contributed by atoms with Crippen molar-refractivity contribution in [2.75, 3.05) is 6.54 Å². The van der Waals surface area contributed by atoms with Gasteiger partial charge in [-0.2, -0.15) is 0 Å². The van der Waals surface area contributed by atoms with E-state index in [1.807, 2.05) is 44.2 Å². The van der Waals surface area contributed by atoms with E-state index in [9.17, 15) is 9.59 Å². The number of nitrogens with one attached hydrogen (secondary N) is 1. The lowest BCUT2D eigenvalue weighted by Gasteiger charge is -2.30. The van der Waals surface area contributed by atoms with Crippen molar-refractivity contribution < 1.29 is 9.59 Å². The summed E-state index contributed by atoms with van der Waals surface area (Å²) in [6, 6.07) is 9.46. The summed E-state index contributed by atoms with van der Waals surface area (Å²) in [5.41, 5.74) is 1.05. The summed E-state index contributed by atoms with van der Waals surface area (Å²) in [5, 5.41) is 2.97. The van der Waals surface area contributed by atoms with Crippen LogP contribution in [0.1, 0.15) is 58.4 Å². The highest BCUT2D eigenvalue weighted by molar-refractivity contribution is 5.87. The molecule has 2 amide bonds. The molecule has 0 radical (unpaired) electrons. The van der Waals surface area contributed by atoms with E-state index in [1.54, 1.807) is 4.90 Å². The van der Waals surface area contributed by atoms with E-state index in [4.69, 9.17) is 0 Å². The topological polar surface area (TPSA) is 49.4 Å². The van der Waals surface area contributed by atoms with Gasteiger partial charge >= 0.3 is 0 Å². The van der Waals surface area contributed by atoms with Crippen molar-refractivity contribution in [3.05, 3.63) is 35.9 Å². The molecule has 4 heteroatoms. The Kier molecular flexibility index (Phi) is 9.03. The quantitative estimate of drug-likeness (QED) is 0.671. The van der Waals surface area contributed by atoms with Gasteiger partial charge in [-0.05, 0) is 24.8 Å². The second-order valence-corrected chi connectivity index (χ2v) is 5.83. The molecule has 128 valence electrons. The van der Waals surface area contributed by atoms with Crippen molar-refractivity contribution in [1.29, 1.82) is 0 Å². The van der Waals surface area contributed by atoms with Crippen LogP contribution in [-0.4, -0.2) is 29.3 Å². The summed E-state index contributed by atoms with van der Waals surface area (Å²) < 4.78 is 0. The largest absolute Gasteiger partial charge is 0.354 e. The van der Waals surface area contributed by atoms with Crippen LogP contribution in [0.4, 0.5) is 0 Å². The normalized spacial score (nSPS) is 11.8. The number of hydrogen-bond acceptors (Lipinski definition) is 2. The lowest BCUT2D eigenvalue weighted by Crippen LogP contribution is -2.49. The summed E-state index contributed by atoms with van der Waals surface area (Å²) in [5.74, 6) is 0.00942. The van der Waals surface area contributed by atoms with Crippen LogP contribution in [0.15, 0.2) is 30.3 Å². The monoisotopic (exact) mass is 318 g/mol. The number of nitrogens with zero attached hydrogens (tertiary/aromatic N) is 1. The number of carbonyl (C=O) groups is 2. The zero-order valence-electron chi connectivity index (χ0n) is 14.7. The molecule has 0 heterocycles. The number of carbonyl (C=O) groups excluding carboxylic acids is 2. The first-order valence-electron chi connectivity index (χ1n) is 8.75. The van der Waals surface area contributed by atoms with Crippen LogP contribution < -0.4 is 5.32 Å². The van der Waals surface area contributed by atoms with E-state index >= 15 is 0 Å². The van der Waals surface area contributed by atoms with Gasteiger partial charge < -0.3 is 10.2 Å². The molecule has 0 saturated heterocycles. The number of rotatable bonds is 10. The van der Waals surface area contributed by atoms with Crippen LogP contribution in [0.5, 0.6) is 0 Å². The van der Waals surface area contributed by atoms with Gasteiger partial charge in [-0.15, -0.1) is 0 Å². The summed E-state index contributed by atoms with van der Waals surface area (Å²) in [6.45, 7) is 7.20. The minimum Gasteiger partial charge on any atom is -0.354 e. The number of benzene rings is 1. The van der Waals surface area contributed by atoms with Gasteiger partial charge in [0.25, 0.3) is 0 Å². The van der Waals surface area contributed by atoms with Gasteiger partial charge in [0, 0.05) is 19.5 Å². The standard InChI is InChI=1S/C19H30N2O2/c1-4-7-14-20-19(23)17(6-3)21(18(22)11-5-2)15-16-12-9-8-10-13-16/h8-10,12-13,17H,4-7,11,14-15H2,1-3H3,(H,20,23)/t17-/m1/s1. The zero-order chi connectivity index (χ0) is 17.1. The van der Waals surface area contributed by atoms with Crippen molar-refractivity contribution in [2.45, 2.75) is 65.5 Å². The van der Waals surface area contributed by atoms with E-state index < -0.39 is 6.04 Å². The molecule has 0 aliphatic heterocycles. The van der Waals surface area contributed by atoms with Gasteiger partial charge in [0.05, 0.1) is 0 Å². The van der Waals surface area contributed by atoms with Crippen LogP contribution >= 0.6 is 0 Å². The fourth-order valence-electron chi connectivity index (χ4n) is 2.56. The average molecular weight is 318 g/mol. The summed E-state index contributed by atoms with van der Waals surface area (Å²) in [6.07, 6.45) is 3.90. The maximum atomic E-state index is 12.5. The van der Waals surface area contributed by atoms with Crippen LogP contribution in [0.2, 0.25) is 0 Å². The molecule has 0 bridgehead atoms. The lowest BCUT2D eigenvalue weighted by molar-refractivity contribution is -0.141. The van der Waals surface area contributed by atoms with E-state index in [2.05, 4.69) is 12.2 Å². The molecular formula is C19H30N2O2.